The Balaban J connectivity index is 2.09. The van der Waals surface area contributed by atoms with E-state index in [4.69, 9.17) is 4.74 Å². The van der Waals surface area contributed by atoms with Gasteiger partial charge in [-0.1, -0.05) is 11.8 Å². The fraction of sp³-hybridized carbons (Fsp3) is 0.231. The molecular formula is C13H15N3OS. The summed E-state index contributed by atoms with van der Waals surface area (Å²) in [5.41, 5.74) is 0. The number of nitrogens with zero attached hydrogens (tertiary/aromatic N) is 2. The lowest BCUT2D eigenvalue weighted by Gasteiger charge is -2.05. The molecular weight excluding hydrogens is 246 g/mol. The van der Waals surface area contributed by atoms with Crippen molar-refractivity contribution < 1.29 is 4.74 Å². The molecule has 94 valence electrons. The fourth-order valence-electron chi connectivity index (χ4n) is 1.41. The highest BCUT2D eigenvalue weighted by molar-refractivity contribution is 7.99. The molecule has 0 bridgehead atoms. The van der Waals surface area contributed by atoms with Gasteiger partial charge < -0.3 is 10.1 Å². The Morgan fingerprint density at radius 1 is 1.22 bits per heavy atom. The van der Waals surface area contributed by atoms with Crippen LogP contribution >= 0.6 is 11.8 Å². The maximum absolute atomic E-state index is 5.13. The molecule has 1 aromatic carbocycles. The largest absolute Gasteiger partial charge is 0.497 e. The first kappa shape index (κ1) is 12.7. The van der Waals surface area contributed by atoms with E-state index < -0.39 is 0 Å². The summed E-state index contributed by atoms with van der Waals surface area (Å²) in [5, 5.41) is 4.02. The number of aromatic nitrogens is 2. The van der Waals surface area contributed by atoms with Crippen molar-refractivity contribution in [3.8, 4) is 5.75 Å². The van der Waals surface area contributed by atoms with Gasteiger partial charge in [-0.3, -0.25) is 0 Å². The van der Waals surface area contributed by atoms with Crippen molar-refractivity contribution in [1.29, 1.82) is 0 Å². The monoisotopic (exact) mass is 261 g/mol. The van der Waals surface area contributed by atoms with Crippen LogP contribution < -0.4 is 10.1 Å². The maximum Gasteiger partial charge on any atom is 0.223 e. The van der Waals surface area contributed by atoms with Gasteiger partial charge in [0.1, 0.15) is 10.8 Å². The zero-order valence-corrected chi connectivity index (χ0v) is 11.2. The van der Waals surface area contributed by atoms with Crippen LogP contribution in [0, 0.1) is 0 Å². The maximum atomic E-state index is 5.13. The SMILES string of the molecule is CCNc1nccc(Sc2ccc(OC)cc2)n1. The minimum atomic E-state index is 0.663. The van der Waals surface area contributed by atoms with Gasteiger partial charge >= 0.3 is 0 Å². The molecule has 0 saturated heterocycles. The first-order chi connectivity index (χ1) is 8.81. The molecule has 0 aliphatic carbocycles. The Morgan fingerprint density at radius 2 is 2.00 bits per heavy atom. The molecule has 0 aliphatic heterocycles. The van der Waals surface area contributed by atoms with Gasteiger partial charge in [0.15, 0.2) is 0 Å². The van der Waals surface area contributed by atoms with E-state index in [2.05, 4.69) is 15.3 Å². The number of benzene rings is 1. The topological polar surface area (TPSA) is 47.0 Å². The first-order valence-electron chi connectivity index (χ1n) is 5.70. The third kappa shape index (κ3) is 3.37. The molecule has 0 amide bonds. The van der Waals surface area contributed by atoms with Gasteiger partial charge in [0.25, 0.3) is 0 Å². The molecule has 2 aromatic rings. The van der Waals surface area contributed by atoms with Crippen molar-refractivity contribution in [3.63, 3.8) is 0 Å². The second-order valence-electron chi connectivity index (χ2n) is 3.53. The van der Waals surface area contributed by atoms with Gasteiger partial charge in [0.2, 0.25) is 5.95 Å². The summed E-state index contributed by atoms with van der Waals surface area (Å²) in [7, 11) is 1.66. The van der Waals surface area contributed by atoms with E-state index in [0.717, 1.165) is 22.2 Å². The van der Waals surface area contributed by atoms with Crippen LogP contribution in [0.2, 0.25) is 0 Å². The fourth-order valence-corrected chi connectivity index (χ4v) is 2.18. The number of rotatable bonds is 5. The van der Waals surface area contributed by atoms with E-state index >= 15 is 0 Å². The number of ether oxygens (including phenoxy) is 1. The number of hydrogen-bond acceptors (Lipinski definition) is 5. The van der Waals surface area contributed by atoms with Gasteiger partial charge in [-0.05, 0) is 37.3 Å². The Hall–Kier alpha value is -1.75. The summed E-state index contributed by atoms with van der Waals surface area (Å²) in [6, 6.07) is 9.80. The highest BCUT2D eigenvalue weighted by atomic mass is 32.2. The standard InChI is InChI=1S/C13H15N3OS/c1-3-14-13-15-9-8-12(16-13)18-11-6-4-10(17-2)5-7-11/h4-9H,3H2,1-2H3,(H,14,15,16). The third-order valence-electron chi connectivity index (χ3n) is 2.25. The van der Waals surface area contributed by atoms with Gasteiger partial charge in [-0.15, -0.1) is 0 Å². The molecule has 0 saturated carbocycles. The predicted molar refractivity (Wildman–Crippen MR) is 73.3 cm³/mol. The smallest absolute Gasteiger partial charge is 0.223 e. The molecule has 1 aromatic heterocycles. The predicted octanol–water partition coefficient (Wildman–Crippen LogP) is 3.07. The van der Waals surface area contributed by atoms with Crippen LogP contribution in [0.4, 0.5) is 5.95 Å². The average molecular weight is 261 g/mol. The van der Waals surface area contributed by atoms with Crippen LogP contribution in [0.3, 0.4) is 0 Å². The number of nitrogens with one attached hydrogen (secondary N) is 1. The number of anilines is 1. The lowest BCUT2D eigenvalue weighted by molar-refractivity contribution is 0.414. The van der Waals surface area contributed by atoms with Crippen molar-refractivity contribution in [1.82, 2.24) is 9.97 Å². The van der Waals surface area contributed by atoms with Crippen molar-refractivity contribution in [2.45, 2.75) is 16.8 Å². The van der Waals surface area contributed by atoms with Gasteiger partial charge in [0, 0.05) is 17.6 Å². The second-order valence-corrected chi connectivity index (χ2v) is 4.62. The second kappa shape index (κ2) is 6.26. The summed E-state index contributed by atoms with van der Waals surface area (Å²) in [5.74, 6) is 1.52. The summed E-state index contributed by atoms with van der Waals surface area (Å²) >= 11 is 1.60. The summed E-state index contributed by atoms with van der Waals surface area (Å²) in [4.78, 5) is 9.67. The summed E-state index contributed by atoms with van der Waals surface area (Å²) in [6.07, 6.45) is 1.76. The lowest BCUT2D eigenvalue weighted by Crippen LogP contribution is -2.01. The minimum Gasteiger partial charge on any atom is -0.497 e. The van der Waals surface area contributed by atoms with E-state index in [-0.39, 0.29) is 0 Å². The molecule has 1 N–H and O–H groups in total. The summed E-state index contributed by atoms with van der Waals surface area (Å²) in [6.45, 7) is 2.84. The van der Waals surface area contributed by atoms with Gasteiger partial charge in [-0.2, -0.15) is 0 Å². The van der Waals surface area contributed by atoms with E-state index in [9.17, 15) is 0 Å². The average Bonchev–Trinajstić information content (AvgIpc) is 2.40. The van der Waals surface area contributed by atoms with E-state index in [0.29, 0.717) is 5.95 Å². The molecule has 1 heterocycles. The van der Waals surface area contributed by atoms with Gasteiger partial charge in [0.05, 0.1) is 7.11 Å². The zero-order chi connectivity index (χ0) is 12.8. The Morgan fingerprint density at radius 3 is 2.67 bits per heavy atom. The van der Waals surface area contributed by atoms with Crippen LogP contribution in [-0.4, -0.2) is 23.6 Å². The van der Waals surface area contributed by atoms with Crippen molar-refractivity contribution >= 4 is 17.7 Å². The quantitative estimate of drug-likeness (QED) is 0.838. The van der Waals surface area contributed by atoms with Crippen LogP contribution in [0.25, 0.3) is 0 Å². The molecule has 18 heavy (non-hydrogen) atoms. The molecule has 0 aliphatic rings. The Kier molecular flexibility index (Phi) is 4.41. The lowest BCUT2D eigenvalue weighted by atomic mass is 10.3. The van der Waals surface area contributed by atoms with Crippen LogP contribution in [0.5, 0.6) is 5.75 Å². The third-order valence-corrected chi connectivity index (χ3v) is 3.19. The molecule has 5 heteroatoms. The molecule has 0 fully saturated rings. The van der Waals surface area contributed by atoms with Crippen molar-refractivity contribution in [2.75, 3.05) is 19.0 Å². The van der Waals surface area contributed by atoms with Crippen molar-refractivity contribution in [3.05, 3.63) is 36.5 Å². The van der Waals surface area contributed by atoms with E-state index in [1.54, 1.807) is 25.1 Å². The van der Waals surface area contributed by atoms with Crippen LogP contribution in [0.15, 0.2) is 46.5 Å². The molecule has 0 radical (unpaired) electrons. The van der Waals surface area contributed by atoms with Crippen LogP contribution in [0.1, 0.15) is 6.92 Å². The minimum absolute atomic E-state index is 0.663. The molecule has 0 atom stereocenters. The number of hydrogen-bond donors (Lipinski definition) is 1. The molecule has 0 unspecified atom stereocenters. The van der Waals surface area contributed by atoms with E-state index in [1.165, 1.54) is 0 Å². The van der Waals surface area contributed by atoms with Crippen molar-refractivity contribution in [2.24, 2.45) is 0 Å². The highest BCUT2D eigenvalue weighted by Gasteiger charge is 2.01. The number of methoxy groups -OCH3 is 1. The normalized spacial score (nSPS) is 10.1. The van der Waals surface area contributed by atoms with Crippen LogP contribution in [-0.2, 0) is 0 Å². The Bertz CT molecular complexity index is 502. The molecule has 4 nitrogen and oxygen atoms in total. The Labute approximate surface area is 111 Å². The molecule has 0 spiro atoms. The van der Waals surface area contributed by atoms with Gasteiger partial charge in [-0.25, -0.2) is 9.97 Å². The molecule has 2 rings (SSSR count). The van der Waals surface area contributed by atoms with E-state index in [1.807, 2.05) is 37.3 Å². The highest BCUT2D eigenvalue weighted by Crippen LogP contribution is 2.27. The first-order valence-corrected chi connectivity index (χ1v) is 6.52. The summed E-state index contributed by atoms with van der Waals surface area (Å²) < 4.78 is 5.13. The zero-order valence-electron chi connectivity index (χ0n) is 10.4.